The third-order valence-electron chi connectivity index (χ3n) is 5.13. The molecule has 0 saturated carbocycles. The molecular weight excluding hydrogens is 494 g/mol. The predicted molar refractivity (Wildman–Crippen MR) is 131 cm³/mol. The van der Waals surface area contributed by atoms with Crippen molar-refractivity contribution in [2.75, 3.05) is 17.1 Å². The van der Waals surface area contributed by atoms with Gasteiger partial charge in [-0.15, -0.1) is 0 Å². The van der Waals surface area contributed by atoms with Gasteiger partial charge in [0, 0.05) is 17.1 Å². The first-order valence-corrected chi connectivity index (χ1v) is 13.0. The Morgan fingerprint density at radius 2 is 1.72 bits per heavy atom. The highest BCUT2D eigenvalue weighted by molar-refractivity contribution is 9.10. The number of halogens is 1. The molecule has 174 valence electrons. The Kier molecular flexibility index (Phi) is 9.27. The Morgan fingerprint density at radius 3 is 2.28 bits per heavy atom. The molecule has 0 bridgehead atoms. The Balaban J connectivity index is 2.36. The van der Waals surface area contributed by atoms with Crippen LogP contribution in [0.1, 0.15) is 32.8 Å². The third kappa shape index (κ3) is 7.34. The van der Waals surface area contributed by atoms with Crippen molar-refractivity contribution in [3.8, 4) is 0 Å². The van der Waals surface area contributed by atoms with Gasteiger partial charge < -0.3 is 10.2 Å². The average Bonchev–Trinajstić information content (AvgIpc) is 2.74. The Bertz CT molecular complexity index is 1030. The first kappa shape index (κ1) is 25.9. The summed E-state index contributed by atoms with van der Waals surface area (Å²) in [7, 11) is -3.72. The largest absolute Gasteiger partial charge is 0.352 e. The number of hydrogen-bond donors (Lipinski definition) is 1. The van der Waals surface area contributed by atoms with E-state index in [0.717, 1.165) is 27.0 Å². The quantitative estimate of drug-likeness (QED) is 0.515. The van der Waals surface area contributed by atoms with Crippen molar-refractivity contribution in [1.29, 1.82) is 0 Å². The number of sulfonamides is 1. The van der Waals surface area contributed by atoms with Gasteiger partial charge in [0.15, 0.2) is 0 Å². The van der Waals surface area contributed by atoms with E-state index in [1.807, 2.05) is 38.1 Å². The van der Waals surface area contributed by atoms with Crippen LogP contribution in [-0.4, -0.2) is 50.0 Å². The molecule has 2 aromatic rings. The highest BCUT2D eigenvalue weighted by Gasteiger charge is 2.30. The molecule has 32 heavy (non-hydrogen) atoms. The number of carbonyl (C=O) groups is 2. The fourth-order valence-corrected chi connectivity index (χ4v) is 4.38. The number of para-hydroxylation sites is 1. The molecule has 1 N–H and O–H groups in total. The average molecular weight is 524 g/mol. The van der Waals surface area contributed by atoms with Gasteiger partial charge in [-0.3, -0.25) is 13.9 Å². The molecule has 2 amide bonds. The second-order valence-corrected chi connectivity index (χ2v) is 10.6. The summed E-state index contributed by atoms with van der Waals surface area (Å²) < 4.78 is 26.8. The van der Waals surface area contributed by atoms with E-state index >= 15 is 0 Å². The van der Waals surface area contributed by atoms with Crippen LogP contribution < -0.4 is 9.62 Å². The van der Waals surface area contributed by atoms with Crippen LogP contribution in [-0.2, 0) is 26.2 Å². The summed E-state index contributed by atoms with van der Waals surface area (Å²) in [5.41, 5.74) is 1.21. The lowest BCUT2D eigenvalue weighted by Gasteiger charge is -2.32. The van der Waals surface area contributed by atoms with Gasteiger partial charge in [0.05, 0.1) is 11.9 Å². The van der Waals surface area contributed by atoms with Crippen LogP contribution in [0.2, 0.25) is 0 Å². The normalized spacial score (nSPS) is 13.2. The maximum absolute atomic E-state index is 13.4. The summed E-state index contributed by atoms with van der Waals surface area (Å²) in [4.78, 5) is 27.6. The lowest BCUT2D eigenvalue weighted by molar-refractivity contribution is -0.139. The first-order valence-electron chi connectivity index (χ1n) is 10.4. The smallest absolute Gasteiger partial charge is 0.244 e. The van der Waals surface area contributed by atoms with Crippen LogP contribution in [0.3, 0.4) is 0 Å². The molecule has 0 radical (unpaired) electrons. The first-order chi connectivity index (χ1) is 15.0. The van der Waals surface area contributed by atoms with Crippen LogP contribution in [0.15, 0.2) is 59.1 Å². The van der Waals surface area contributed by atoms with Gasteiger partial charge in [0.1, 0.15) is 12.6 Å². The van der Waals surface area contributed by atoms with Gasteiger partial charge in [-0.2, -0.15) is 0 Å². The number of nitrogens with zero attached hydrogens (tertiary/aromatic N) is 2. The monoisotopic (exact) mass is 523 g/mol. The van der Waals surface area contributed by atoms with Crippen molar-refractivity contribution in [3.05, 3.63) is 64.6 Å². The third-order valence-corrected chi connectivity index (χ3v) is 6.77. The van der Waals surface area contributed by atoms with Gasteiger partial charge in [-0.1, -0.05) is 53.2 Å². The van der Waals surface area contributed by atoms with Crippen LogP contribution in [0.25, 0.3) is 0 Å². The number of benzene rings is 2. The number of nitrogens with one attached hydrogen (secondary N) is 1. The summed E-state index contributed by atoms with van der Waals surface area (Å²) in [5.74, 6) is -0.751. The molecule has 0 fully saturated rings. The van der Waals surface area contributed by atoms with E-state index in [-0.39, 0.29) is 18.5 Å². The summed E-state index contributed by atoms with van der Waals surface area (Å²) in [6.07, 6.45) is 1.82. The fraction of sp³-hybridized carbons (Fsp3) is 0.391. The Hall–Kier alpha value is -2.39. The molecule has 0 aromatic heterocycles. The number of amides is 2. The van der Waals surface area contributed by atoms with Crippen LogP contribution in [0, 0.1) is 0 Å². The van der Waals surface area contributed by atoms with Crippen molar-refractivity contribution in [2.45, 2.75) is 45.8 Å². The van der Waals surface area contributed by atoms with E-state index in [1.54, 1.807) is 37.3 Å². The molecular formula is C23H30BrN3O4S. The van der Waals surface area contributed by atoms with Crippen LogP contribution in [0.5, 0.6) is 0 Å². The number of hydrogen-bond acceptors (Lipinski definition) is 4. The molecule has 2 aromatic carbocycles. The number of anilines is 1. The van der Waals surface area contributed by atoms with Crippen molar-refractivity contribution in [1.82, 2.24) is 10.2 Å². The van der Waals surface area contributed by atoms with E-state index in [4.69, 9.17) is 0 Å². The van der Waals surface area contributed by atoms with Gasteiger partial charge >= 0.3 is 0 Å². The maximum Gasteiger partial charge on any atom is 0.244 e. The van der Waals surface area contributed by atoms with E-state index < -0.39 is 28.5 Å². The zero-order valence-electron chi connectivity index (χ0n) is 18.8. The molecule has 2 rings (SSSR count). The second kappa shape index (κ2) is 11.5. The van der Waals surface area contributed by atoms with Crippen molar-refractivity contribution in [2.24, 2.45) is 0 Å². The standard InChI is InChI=1S/C23H30BrN3O4S/c1-5-17(2)25-23(29)18(3)26(15-19-10-9-11-20(24)14-19)22(28)16-27(32(4,30)31)21-12-7-6-8-13-21/h6-14,17-18H,5,15-16H2,1-4H3,(H,25,29)/t17-,18-/m0/s1. The van der Waals surface area contributed by atoms with E-state index in [9.17, 15) is 18.0 Å². The minimum absolute atomic E-state index is 0.0374. The number of rotatable bonds is 10. The fourth-order valence-electron chi connectivity index (χ4n) is 3.09. The van der Waals surface area contributed by atoms with E-state index in [2.05, 4.69) is 21.2 Å². The number of carbonyl (C=O) groups excluding carboxylic acids is 2. The summed E-state index contributed by atoms with van der Waals surface area (Å²) in [6, 6.07) is 15.1. The SMILES string of the molecule is CC[C@H](C)NC(=O)[C@H](C)N(Cc1cccc(Br)c1)C(=O)CN(c1ccccc1)S(C)(=O)=O. The highest BCUT2D eigenvalue weighted by Crippen LogP contribution is 2.19. The van der Waals surface area contributed by atoms with Crippen LogP contribution in [0.4, 0.5) is 5.69 Å². The molecule has 0 unspecified atom stereocenters. The minimum Gasteiger partial charge on any atom is -0.352 e. The lowest BCUT2D eigenvalue weighted by Crippen LogP contribution is -2.52. The Morgan fingerprint density at radius 1 is 1.06 bits per heavy atom. The van der Waals surface area contributed by atoms with Crippen LogP contribution >= 0.6 is 15.9 Å². The van der Waals surface area contributed by atoms with E-state index in [0.29, 0.717) is 5.69 Å². The zero-order valence-corrected chi connectivity index (χ0v) is 21.2. The lowest BCUT2D eigenvalue weighted by atomic mass is 10.1. The summed E-state index contributed by atoms with van der Waals surface area (Å²) in [5, 5.41) is 2.90. The topological polar surface area (TPSA) is 86.8 Å². The van der Waals surface area contributed by atoms with Gasteiger partial charge in [-0.05, 0) is 50.1 Å². The predicted octanol–water partition coefficient (Wildman–Crippen LogP) is 3.55. The molecule has 0 aliphatic rings. The molecule has 9 heteroatoms. The van der Waals surface area contributed by atoms with Crippen molar-refractivity contribution >= 4 is 43.5 Å². The summed E-state index contributed by atoms with van der Waals surface area (Å²) >= 11 is 3.42. The zero-order chi connectivity index (χ0) is 23.9. The Labute approximate surface area is 199 Å². The second-order valence-electron chi connectivity index (χ2n) is 7.75. The molecule has 0 heterocycles. The van der Waals surface area contributed by atoms with Crippen molar-refractivity contribution < 1.29 is 18.0 Å². The molecule has 0 saturated heterocycles. The van der Waals surface area contributed by atoms with Gasteiger partial charge in [-0.25, -0.2) is 8.42 Å². The van der Waals surface area contributed by atoms with E-state index in [1.165, 1.54) is 4.90 Å². The highest BCUT2D eigenvalue weighted by atomic mass is 79.9. The molecule has 0 aliphatic carbocycles. The van der Waals surface area contributed by atoms with Crippen molar-refractivity contribution in [3.63, 3.8) is 0 Å². The molecule has 0 aliphatic heterocycles. The molecule has 0 spiro atoms. The summed E-state index contributed by atoms with van der Waals surface area (Å²) in [6.45, 7) is 5.27. The molecule has 2 atom stereocenters. The van der Waals surface area contributed by atoms with Gasteiger partial charge in [0.25, 0.3) is 0 Å². The maximum atomic E-state index is 13.4. The van der Waals surface area contributed by atoms with Gasteiger partial charge in [0.2, 0.25) is 21.8 Å². The minimum atomic E-state index is -3.72. The molecule has 7 nitrogen and oxygen atoms in total.